The fourth-order valence-corrected chi connectivity index (χ4v) is 4.57. The molecule has 1 heterocycles. The molecule has 0 bridgehead atoms. The van der Waals surface area contributed by atoms with Crippen molar-refractivity contribution in [2.75, 3.05) is 17.6 Å². The fourth-order valence-electron chi connectivity index (χ4n) is 3.29. The van der Waals surface area contributed by atoms with Crippen LogP contribution in [-0.2, 0) is 10.0 Å². The minimum atomic E-state index is -3.52. The van der Waals surface area contributed by atoms with Crippen molar-refractivity contribution in [3.05, 3.63) is 53.2 Å². The quantitative estimate of drug-likeness (QED) is 0.596. The molecule has 1 aliphatic carbocycles. The molecule has 162 valence electrons. The smallest absolute Gasteiger partial charge is 0.253 e. The number of aryl methyl sites for hydroxylation is 1. The molecule has 0 saturated heterocycles. The summed E-state index contributed by atoms with van der Waals surface area (Å²) in [4.78, 5) is 17.7. The van der Waals surface area contributed by atoms with Crippen molar-refractivity contribution in [1.29, 1.82) is 0 Å². The highest BCUT2D eigenvalue weighted by atomic mass is 32.2. The first-order valence-electron chi connectivity index (χ1n) is 10.3. The minimum absolute atomic E-state index is 0.0247. The lowest BCUT2D eigenvalue weighted by atomic mass is 10.1. The summed E-state index contributed by atoms with van der Waals surface area (Å²) < 4.78 is 32.6. The molecule has 1 unspecified atom stereocenters. The lowest BCUT2D eigenvalue weighted by molar-refractivity contribution is 0.0931. The monoisotopic (exact) mass is 431 g/mol. The molecular weight excluding hydrogens is 402 g/mol. The first-order chi connectivity index (χ1) is 14.3. The van der Waals surface area contributed by atoms with E-state index in [2.05, 4.69) is 15.0 Å². The van der Waals surface area contributed by atoms with Crippen molar-refractivity contribution in [3.8, 4) is 5.88 Å². The number of amides is 1. The van der Waals surface area contributed by atoms with E-state index in [1.165, 1.54) is 0 Å². The topological polar surface area (TPSA) is 97.4 Å². The number of sulfonamides is 1. The molecule has 1 aliphatic rings. The number of hydrogen-bond donors (Lipinski definition) is 2. The van der Waals surface area contributed by atoms with Crippen molar-refractivity contribution in [2.45, 2.75) is 45.6 Å². The van der Waals surface area contributed by atoms with E-state index in [0.717, 1.165) is 30.5 Å². The van der Waals surface area contributed by atoms with Crippen LogP contribution in [0, 0.1) is 12.8 Å². The molecule has 0 aliphatic heterocycles. The highest BCUT2D eigenvalue weighted by Gasteiger charge is 2.35. The van der Waals surface area contributed by atoms with Gasteiger partial charge in [-0.1, -0.05) is 31.0 Å². The standard InChI is InChI=1S/C22H29N3O4S/c1-4-5-13-30(27,28)25-18-12-9-15(2)14-17(18)22(26)24-21(16-10-11-16)19-7-6-8-20(23-19)29-3/h6-9,12,14,16,21,25H,4-5,10-11,13H2,1-3H3,(H,24,26). The number of pyridine rings is 1. The molecule has 30 heavy (non-hydrogen) atoms. The lowest BCUT2D eigenvalue weighted by Gasteiger charge is -2.20. The summed E-state index contributed by atoms with van der Waals surface area (Å²) in [5.74, 6) is 0.500. The summed E-state index contributed by atoms with van der Waals surface area (Å²) in [5, 5.41) is 3.07. The molecule has 1 amide bonds. The number of carbonyl (C=O) groups excluding carboxylic acids is 1. The van der Waals surface area contributed by atoms with E-state index in [1.54, 1.807) is 31.4 Å². The van der Waals surface area contributed by atoms with Gasteiger partial charge >= 0.3 is 0 Å². The van der Waals surface area contributed by atoms with Crippen LogP contribution in [0.25, 0.3) is 0 Å². The van der Waals surface area contributed by atoms with Gasteiger partial charge in [0.1, 0.15) is 0 Å². The van der Waals surface area contributed by atoms with Crippen molar-refractivity contribution < 1.29 is 17.9 Å². The Balaban J connectivity index is 1.85. The average Bonchev–Trinajstić information content (AvgIpc) is 3.56. The number of ether oxygens (including phenoxy) is 1. The van der Waals surface area contributed by atoms with Crippen LogP contribution in [0.2, 0.25) is 0 Å². The third kappa shape index (κ3) is 5.72. The summed E-state index contributed by atoms with van der Waals surface area (Å²) in [6, 6.07) is 10.4. The number of aromatic nitrogens is 1. The summed E-state index contributed by atoms with van der Waals surface area (Å²) >= 11 is 0. The number of benzene rings is 1. The largest absolute Gasteiger partial charge is 0.481 e. The van der Waals surface area contributed by atoms with Gasteiger partial charge in [0.2, 0.25) is 15.9 Å². The number of nitrogens with zero attached hydrogens (tertiary/aromatic N) is 1. The number of rotatable bonds is 10. The molecule has 1 aromatic heterocycles. The van der Waals surface area contributed by atoms with E-state index >= 15 is 0 Å². The Morgan fingerprint density at radius 1 is 1.27 bits per heavy atom. The molecule has 1 aromatic carbocycles. The van der Waals surface area contributed by atoms with Crippen LogP contribution >= 0.6 is 0 Å². The van der Waals surface area contributed by atoms with Crippen LogP contribution in [0.5, 0.6) is 5.88 Å². The fraction of sp³-hybridized carbons (Fsp3) is 0.455. The van der Waals surface area contributed by atoms with Gasteiger partial charge in [-0.2, -0.15) is 0 Å². The van der Waals surface area contributed by atoms with Gasteiger partial charge < -0.3 is 10.1 Å². The third-order valence-corrected chi connectivity index (χ3v) is 6.46. The van der Waals surface area contributed by atoms with Crippen molar-refractivity contribution >= 4 is 21.6 Å². The maximum Gasteiger partial charge on any atom is 0.253 e. The van der Waals surface area contributed by atoms with Crippen molar-refractivity contribution in [3.63, 3.8) is 0 Å². The number of hydrogen-bond acceptors (Lipinski definition) is 5. The van der Waals surface area contributed by atoms with Gasteiger partial charge in [-0.25, -0.2) is 13.4 Å². The summed E-state index contributed by atoms with van der Waals surface area (Å²) in [6.07, 6.45) is 3.36. The third-order valence-electron chi connectivity index (χ3n) is 5.10. The van der Waals surface area contributed by atoms with Crippen LogP contribution in [0.1, 0.15) is 60.3 Å². The summed E-state index contributed by atoms with van der Waals surface area (Å²) in [7, 11) is -1.96. The normalized spacial score (nSPS) is 14.8. The van der Waals surface area contributed by atoms with Crippen molar-refractivity contribution in [1.82, 2.24) is 10.3 Å². The second-order valence-corrected chi connectivity index (χ2v) is 9.56. The van der Waals surface area contributed by atoms with E-state index in [0.29, 0.717) is 29.5 Å². The molecule has 2 N–H and O–H groups in total. The zero-order valence-electron chi connectivity index (χ0n) is 17.6. The molecule has 1 saturated carbocycles. The Labute approximate surface area is 178 Å². The molecule has 1 fully saturated rings. The Morgan fingerprint density at radius 2 is 2.03 bits per heavy atom. The van der Waals surface area contributed by atoms with Gasteiger partial charge in [0.25, 0.3) is 5.91 Å². The van der Waals surface area contributed by atoms with Crippen LogP contribution in [0.3, 0.4) is 0 Å². The van der Waals surface area contributed by atoms with Gasteiger partial charge in [-0.3, -0.25) is 9.52 Å². The second-order valence-electron chi connectivity index (χ2n) is 7.72. The number of unbranched alkanes of at least 4 members (excludes halogenated alkanes) is 1. The predicted molar refractivity (Wildman–Crippen MR) is 117 cm³/mol. The molecule has 8 heteroatoms. The Kier molecular flexibility index (Phi) is 6.97. The average molecular weight is 432 g/mol. The van der Waals surface area contributed by atoms with Crippen LogP contribution in [-0.4, -0.2) is 32.2 Å². The Hall–Kier alpha value is -2.61. The van der Waals surface area contributed by atoms with Gasteiger partial charge in [0.05, 0.1) is 35.8 Å². The first-order valence-corrected chi connectivity index (χ1v) is 11.9. The maximum atomic E-state index is 13.2. The molecule has 7 nitrogen and oxygen atoms in total. The van der Waals surface area contributed by atoms with Gasteiger partial charge in [-0.05, 0) is 50.3 Å². The molecule has 3 rings (SSSR count). The Morgan fingerprint density at radius 3 is 2.70 bits per heavy atom. The van der Waals surface area contributed by atoms with E-state index < -0.39 is 10.0 Å². The van der Waals surface area contributed by atoms with Crippen LogP contribution in [0.15, 0.2) is 36.4 Å². The molecule has 0 radical (unpaired) electrons. The maximum absolute atomic E-state index is 13.2. The van der Waals surface area contributed by atoms with E-state index in [-0.39, 0.29) is 17.7 Å². The van der Waals surface area contributed by atoms with Gasteiger partial charge in [-0.15, -0.1) is 0 Å². The summed E-state index contributed by atoms with van der Waals surface area (Å²) in [6.45, 7) is 3.80. The highest BCUT2D eigenvalue weighted by molar-refractivity contribution is 7.92. The highest BCUT2D eigenvalue weighted by Crippen LogP contribution is 2.41. The number of carbonyl (C=O) groups is 1. The van der Waals surface area contributed by atoms with Gasteiger partial charge in [0.15, 0.2) is 0 Å². The number of methoxy groups -OCH3 is 1. The van der Waals surface area contributed by atoms with Crippen LogP contribution in [0.4, 0.5) is 5.69 Å². The molecule has 0 spiro atoms. The van der Waals surface area contributed by atoms with Crippen LogP contribution < -0.4 is 14.8 Å². The summed E-state index contributed by atoms with van der Waals surface area (Å²) in [5.41, 5.74) is 2.22. The first kappa shape index (κ1) is 22.1. The molecule has 2 aromatic rings. The Bertz CT molecular complexity index is 1000. The van der Waals surface area contributed by atoms with Crippen molar-refractivity contribution in [2.24, 2.45) is 5.92 Å². The van der Waals surface area contributed by atoms with E-state index in [4.69, 9.17) is 4.74 Å². The zero-order valence-corrected chi connectivity index (χ0v) is 18.5. The number of anilines is 1. The SMILES string of the molecule is CCCCS(=O)(=O)Nc1ccc(C)cc1C(=O)NC(c1cccc(OC)n1)C1CC1. The minimum Gasteiger partial charge on any atom is -0.481 e. The van der Waals surface area contributed by atoms with E-state index in [1.807, 2.05) is 26.0 Å². The molecular formula is C22H29N3O4S. The van der Waals surface area contributed by atoms with Gasteiger partial charge in [0, 0.05) is 6.07 Å². The number of nitrogens with one attached hydrogen (secondary N) is 2. The molecule has 1 atom stereocenters. The predicted octanol–water partition coefficient (Wildman–Crippen LogP) is 3.82. The zero-order chi connectivity index (χ0) is 21.7. The van der Waals surface area contributed by atoms with E-state index in [9.17, 15) is 13.2 Å². The lowest BCUT2D eigenvalue weighted by Crippen LogP contribution is -2.31. The second kappa shape index (κ2) is 9.47.